The first-order valence-corrected chi connectivity index (χ1v) is 6.37. The van der Waals surface area contributed by atoms with Crippen molar-refractivity contribution in [1.82, 2.24) is 4.90 Å². The molecule has 0 unspecified atom stereocenters. The van der Waals surface area contributed by atoms with Crippen LogP contribution >= 0.6 is 0 Å². The average Bonchev–Trinajstić information content (AvgIpc) is 2.14. The lowest BCUT2D eigenvalue weighted by atomic mass is 10.0. The van der Waals surface area contributed by atoms with E-state index in [0.29, 0.717) is 25.6 Å². The van der Waals surface area contributed by atoms with Crippen LogP contribution in [0, 0.1) is 5.92 Å². The molecule has 1 aliphatic heterocycles. The van der Waals surface area contributed by atoms with Crippen LogP contribution in [0.2, 0.25) is 0 Å². The molecule has 0 N–H and O–H groups in total. The summed E-state index contributed by atoms with van der Waals surface area (Å²) in [5, 5.41) is 0. The number of ether oxygens (including phenoxy) is 2. The van der Waals surface area contributed by atoms with Gasteiger partial charge in [-0.3, -0.25) is 0 Å². The van der Waals surface area contributed by atoms with Crippen LogP contribution in [0.4, 0.5) is 4.79 Å². The highest BCUT2D eigenvalue weighted by molar-refractivity contribution is 5.68. The molecule has 1 saturated heterocycles. The van der Waals surface area contributed by atoms with Crippen LogP contribution in [0.5, 0.6) is 0 Å². The van der Waals surface area contributed by atoms with Crippen LogP contribution in [-0.4, -0.2) is 42.4 Å². The van der Waals surface area contributed by atoms with E-state index in [0.717, 1.165) is 6.42 Å². The largest absolute Gasteiger partial charge is 0.444 e. The summed E-state index contributed by atoms with van der Waals surface area (Å²) in [6, 6.07) is 0. The second kappa shape index (κ2) is 5.71. The predicted molar refractivity (Wildman–Crippen MR) is 67.0 cm³/mol. The molecular weight excluding hydrogens is 218 g/mol. The Hall–Kier alpha value is -0.770. The molecule has 0 bridgehead atoms. The standard InChI is InChI=1S/C13H25NO3/c1-10(2)8-11-9-14(6-7-16-11)12(15)17-13(3,4)5/h10-11H,6-9H2,1-5H3/t11-/m0/s1. The minimum Gasteiger partial charge on any atom is -0.444 e. The van der Waals surface area contributed by atoms with Crippen LogP contribution in [0.3, 0.4) is 0 Å². The van der Waals surface area contributed by atoms with Crippen LogP contribution < -0.4 is 0 Å². The van der Waals surface area contributed by atoms with Crippen LogP contribution in [0.15, 0.2) is 0 Å². The molecule has 1 amide bonds. The van der Waals surface area contributed by atoms with E-state index in [2.05, 4.69) is 13.8 Å². The molecule has 1 aliphatic rings. The maximum absolute atomic E-state index is 11.9. The first-order chi connectivity index (χ1) is 7.78. The Kier molecular flexibility index (Phi) is 4.80. The Morgan fingerprint density at radius 3 is 2.65 bits per heavy atom. The summed E-state index contributed by atoms with van der Waals surface area (Å²) in [5.74, 6) is 0.582. The third kappa shape index (κ3) is 5.39. The molecular formula is C13H25NO3. The van der Waals surface area contributed by atoms with E-state index in [1.54, 1.807) is 4.90 Å². The van der Waals surface area contributed by atoms with E-state index in [-0.39, 0.29) is 12.2 Å². The van der Waals surface area contributed by atoms with E-state index >= 15 is 0 Å². The Morgan fingerprint density at radius 2 is 2.12 bits per heavy atom. The summed E-state index contributed by atoms with van der Waals surface area (Å²) in [5.41, 5.74) is -0.428. The fourth-order valence-electron chi connectivity index (χ4n) is 1.88. The van der Waals surface area contributed by atoms with Gasteiger partial charge in [-0.2, -0.15) is 0 Å². The molecule has 0 aromatic rings. The fourth-order valence-corrected chi connectivity index (χ4v) is 1.88. The van der Waals surface area contributed by atoms with Crippen molar-refractivity contribution < 1.29 is 14.3 Å². The lowest BCUT2D eigenvalue weighted by Gasteiger charge is -2.34. The minimum atomic E-state index is -0.428. The van der Waals surface area contributed by atoms with Crippen molar-refractivity contribution >= 4 is 6.09 Å². The van der Waals surface area contributed by atoms with E-state index in [4.69, 9.17) is 9.47 Å². The number of morpholine rings is 1. The van der Waals surface area contributed by atoms with Gasteiger partial charge in [0.2, 0.25) is 0 Å². The van der Waals surface area contributed by atoms with Crippen molar-refractivity contribution in [3.8, 4) is 0 Å². The third-order valence-corrected chi connectivity index (χ3v) is 2.52. The van der Waals surface area contributed by atoms with Gasteiger partial charge in [0.15, 0.2) is 0 Å². The molecule has 0 radical (unpaired) electrons. The third-order valence-electron chi connectivity index (χ3n) is 2.52. The lowest BCUT2D eigenvalue weighted by molar-refractivity contribution is -0.0481. The van der Waals surface area contributed by atoms with Crippen molar-refractivity contribution in [3.05, 3.63) is 0 Å². The van der Waals surface area contributed by atoms with Gasteiger partial charge in [0, 0.05) is 6.54 Å². The van der Waals surface area contributed by atoms with Gasteiger partial charge in [0.25, 0.3) is 0 Å². The normalized spacial score (nSPS) is 21.8. The van der Waals surface area contributed by atoms with Crippen LogP contribution in [0.1, 0.15) is 41.0 Å². The van der Waals surface area contributed by atoms with Crippen molar-refractivity contribution in [1.29, 1.82) is 0 Å². The van der Waals surface area contributed by atoms with E-state index < -0.39 is 5.60 Å². The van der Waals surface area contributed by atoms with Crippen molar-refractivity contribution in [3.63, 3.8) is 0 Å². The zero-order valence-corrected chi connectivity index (χ0v) is 11.7. The zero-order chi connectivity index (χ0) is 13.1. The van der Waals surface area contributed by atoms with E-state index in [9.17, 15) is 4.79 Å². The summed E-state index contributed by atoms with van der Waals surface area (Å²) >= 11 is 0. The summed E-state index contributed by atoms with van der Waals surface area (Å²) in [4.78, 5) is 13.6. The van der Waals surface area contributed by atoms with Gasteiger partial charge in [-0.25, -0.2) is 4.79 Å². The monoisotopic (exact) mass is 243 g/mol. The van der Waals surface area contributed by atoms with Gasteiger partial charge in [0.1, 0.15) is 5.60 Å². The molecule has 1 atom stereocenters. The smallest absolute Gasteiger partial charge is 0.410 e. The molecule has 0 spiro atoms. The highest BCUT2D eigenvalue weighted by Crippen LogP contribution is 2.16. The predicted octanol–water partition coefficient (Wildman–Crippen LogP) is 2.67. The SMILES string of the molecule is CC(C)C[C@H]1CN(C(=O)OC(C)(C)C)CCO1. The fraction of sp³-hybridized carbons (Fsp3) is 0.923. The van der Waals surface area contributed by atoms with Gasteiger partial charge in [0.05, 0.1) is 19.3 Å². The Morgan fingerprint density at radius 1 is 1.47 bits per heavy atom. The average molecular weight is 243 g/mol. The minimum absolute atomic E-state index is 0.149. The molecule has 17 heavy (non-hydrogen) atoms. The van der Waals surface area contributed by atoms with Gasteiger partial charge >= 0.3 is 6.09 Å². The lowest BCUT2D eigenvalue weighted by Crippen LogP contribution is -2.47. The van der Waals surface area contributed by atoms with Gasteiger partial charge < -0.3 is 14.4 Å². The molecule has 0 aliphatic carbocycles. The van der Waals surface area contributed by atoms with Gasteiger partial charge in [-0.05, 0) is 33.1 Å². The summed E-state index contributed by atoms with van der Waals surface area (Å²) in [6.45, 7) is 11.9. The van der Waals surface area contributed by atoms with Crippen molar-refractivity contribution in [2.24, 2.45) is 5.92 Å². The number of carbonyl (C=O) groups is 1. The van der Waals surface area contributed by atoms with E-state index in [1.807, 2.05) is 20.8 Å². The molecule has 4 nitrogen and oxygen atoms in total. The Bertz CT molecular complexity index is 258. The molecule has 0 saturated carbocycles. The second-order valence-corrected chi connectivity index (χ2v) is 6.05. The maximum Gasteiger partial charge on any atom is 0.410 e. The number of carbonyl (C=O) groups excluding carboxylic acids is 1. The summed E-state index contributed by atoms with van der Waals surface area (Å²) < 4.78 is 11.0. The Labute approximate surface area is 104 Å². The molecule has 0 aromatic heterocycles. The van der Waals surface area contributed by atoms with Gasteiger partial charge in [-0.15, -0.1) is 0 Å². The molecule has 0 aromatic carbocycles. The molecule has 1 rings (SSSR count). The van der Waals surface area contributed by atoms with Crippen LogP contribution in [-0.2, 0) is 9.47 Å². The second-order valence-electron chi connectivity index (χ2n) is 6.05. The quantitative estimate of drug-likeness (QED) is 0.748. The summed E-state index contributed by atoms with van der Waals surface area (Å²) in [7, 11) is 0. The number of hydrogen-bond acceptors (Lipinski definition) is 3. The number of amides is 1. The number of nitrogens with zero attached hydrogens (tertiary/aromatic N) is 1. The highest BCUT2D eigenvalue weighted by Gasteiger charge is 2.28. The molecule has 100 valence electrons. The number of hydrogen-bond donors (Lipinski definition) is 0. The maximum atomic E-state index is 11.9. The zero-order valence-electron chi connectivity index (χ0n) is 11.7. The summed E-state index contributed by atoms with van der Waals surface area (Å²) in [6.07, 6.45) is 0.907. The number of rotatable bonds is 2. The van der Waals surface area contributed by atoms with Gasteiger partial charge in [-0.1, -0.05) is 13.8 Å². The first kappa shape index (κ1) is 14.3. The molecule has 1 fully saturated rings. The molecule has 1 heterocycles. The van der Waals surface area contributed by atoms with Crippen molar-refractivity contribution in [2.45, 2.75) is 52.7 Å². The topological polar surface area (TPSA) is 38.8 Å². The highest BCUT2D eigenvalue weighted by atomic mass is 16.6. The molecule has 4 heteroatoms. The van der Waals surface area contributed by atoms with Crippen LogP contribution in [0.25, 0.3) is 0 Å². The van der Waals surface area contributed by atoms with Crippen molar-refractivity contribution in [2.75, 3.05) is 19.7 Å². The van der Waals surface area contributed by atoms with E-state index in [1.165, 1.54) is 0 Å². The first-order valence-electron chi connectivity index (χ1n) is 6.37. The Balaban J connectivity index is 2.46.